The maximum atomic E-state index is 12.0. The summed E-state index contributed by atoms with van der Waals surface area (Å²) >= 11 is 3.52. The molecule has 2 aromatic rings. The molecule has 6 nitrogen and oxygen atoms in total. The van der Waals surface area contributed by atoms with E-state index in [4.69, 9.17) is 9.84 Å². The van der Waals surface area contributed by atoms with Gasteiger partial charge in [0.25, 0.3) is 5.91 Å². The Morgan fingerprint density at radius 1 is 1.14 bits per heavy atom. The van der Waals surface area contributed by atoms with Gasteiger partial charge in [-0.3, -0.25) is 19.7 Å². The van der Waals surface area contributed by atoms with Crippen molar-refractivity contribution in [2.75, 3.05) is 6.61 Å². The molecule has 28 heavy (non-hydrogen) atoms. The van der Waals surface area contributed by atoms with E-state index in [2.05, 4.69) is 21.2 Å². The summed E-state index contributed by atoms with van der Waals surface area (Å²) in [6.45, 7) is 3.35. The number of imide groups is 1. The monoisotopic (exact) mass is 447 g/mol. The van der Waals surface area contributed by atoms with Crippen LogP contribution in [-0.2, 0) is 14.4 Å². The number of hydrogen-bond acceptors (Lipinski definition) is 4. The third kappa shape index (κ3) is 5.92. The van der Waals surface area contributed by atoms with Crippen molar-refractivity contribution in [3.05, 3.63) is 45.9 Å². The summed E-state index contributed by atoms with van der Waals surface area (Å²) in [7, 11) is 0. The Labute approximate surface area is 171 Å². The molecule has 0 fully saturated rings. The molecule has 0 saturated carbocycles. The lowest BCUT2D eigenvalue weighted by molar-refractivity contribution is -0.137. The van der Waals surface area contributed by atoms with E-state index >= 15 is 0 Å². The van der Waals surface area contributed by atoms with Gasteiger partial charge >= 0.3 is 5.97 Å². The minimum absolute atomic E-state index is 0.122. The molecule has 2 N–H and O–H groups in total. The highest BCUT2D eigenvalue weighted by Gasteiger charge is 2.13. The molecule has 0 bridgehead atoms. The summed E-state index contributed by atoms with van der Waals surface area (Å²) in [4.78, 5) is 33.7. The van der Waals surface area contributed by atoms with E-state index in [1.807, 2.05) is 30.3 Å². The molecule has 2 amide bonds. The predicted molar refractivity (Wildman–Crippen MR) is 111 cm³/mol. The largest absolute Gasteiger partial charge is 0.492 e. The average Bonchev–Trinajstić information content (AvgIpc) is 2.62. The first-order chi connectivity index (χ1) is 13.3. The lowest BCUT2D eigenvalue weighted by Crippen LogP contribution is -2.28. The van der Waals surface area contributed by atoms with Crippen LogP contribution in [0.4, 0.5) is 0 Å². The van der Waals surface area contributed by atoms with Crippen LogP contribution < -0.4 is 10.1 Å². The van der Waals surface area contributed by atoms with Crippen LogP contribution in [0.25, 0.3) is 16.8 Å². The van der Waals surface area contributed by atoms with E-state index in [9.17, 15) is 14.4 Å². The number of carboxylic acids is 1. The molecule has 0 aliphatic heterocycles. The molecule has 0 saturated heterocycles. The number of halogens is 1. The van der Waals surface area contributed by atoms with E-state index < -0.39 is 17.8 Å². The van der Waals surface area contributed by atoms with E-state index in [-0.39, 0.29) is 6.42 Å². The molecular formula is C21H22BrNO5. The normalized spacial score (nSPS) is 11.3. The quantitative estimate of drug-likeness (QED) is 0.464. The van der Waals surface area contributed by atoms with Gasteiger partial charge in [0, 0.05) is 24.3 Å². The van der Waals surface area contributed by atoms with Crippen LogP contribution >= 0.6 is 15.9 Å². The number of aliphatic carboxylic acids is 1. The SMILES string of the molecule is CC(=O)NC(=O)/C(C)=C/c1cc(Br)c(OCCCCC(=O)O)c2ccccc12. The zero-order valence-electron chi connectivity index (χ0n) is 15.8. The van der Waals surface area contributed by atoms with Crippen LogP contribution in [0.3, 0.4) is 0 Å². The summed E-state index contributed by atoms with van der Waals surface area (Å²) in [5, 5.41) is 12.7. The predicted octanol–water partition coefficient (Wildman–Crippen LogP) is 4.30. The number of ether oxygens (including phenoxy) is 1. The Balaban J connectivity index is 2.30. The van der Waals surface area contributed by atoms with Crippen LogP contribution in [0, 0.1) is 0 Å². The van der Waals surface area contributed by atoms with Crippen LogP contribution in [-0.4, -0.2) is 29.5 Å². The second-order valence-corrected chi connectivity index (χ2v) is 7.21. The molecule has 0 aliphatic rings. The molecule has 148 valence electrons. The fourth-order valence-electron chi connectivity index (χ4n) is 2.72. The number of rotatable bonds is 8. The minimum Gasteiger partial charge on any atom is -0.492 e. The van der Waals surface area contributed by atoms with Gasteiger partial charge in [0.2, 0.25) is 5.91 Å². The summed E-state index contributed by atoms with van der Waals surface area (Å²) in [5.41, 5.74) is 1.23. The second-order valence-electron chi connectivity index (χ2n) is 6.36. The molecule has 2 aromatic carbocycles. The van der Waals surface area contributed by atoms with E-state index in [1.165, 1.54) is 6.92 Å². The Morgan fingerprint density at radius 3 is 2.46 bits per heavy atom. The molecule has 0 aliphatic carbocycles. The van der Waals surface area contributed by atoms with Crippen molar-refractivity contribution in [2.45, 2.75) is 33.1 Å². The summed E-state index contributed by atoms with van der Waals surface area (Å²) in [6.07, 6.45) is 3.04. The van der Waals surface area contributed by atoms with E-state index in [0.29, 0.717) is 30.8 Å². The maximum absolute atomic E-state index is 12.0. The van der Waals surface area contributed by atoms with Gasteiger partial charge in [-0.1, -0.05) is 24.3 Å². The highest BCUT2D eigenvalue weighted by Crippen LogP contribution is 2.37. The molecule has 7 heteroatoms. The topological polar surface area (TPSA) is 92.7 Å². The lowest BCUT2D eigenvalue weighted by atomic mass is 10.0. The summed E-state index contributed by atoms with van der Waals surface area (Å²) in [5.74, 6) is -0.984. The molecule has 0 radical (unpaired) electrons. The van der Waals surface area contributed by atoms with Crippen molar-refractivity contribution in [2.24, 2.45) is 0 Å². The highest BCUT2D eigenvalue weighted by atomic mass is 79.9. The second kappa shape index (κ2) is 10.0. The first-order valence-corrected chi connectivity index (χ1v) is 9.65. The number of carbonyl (C=O) groups excluding carboxylic acids is 2. The zero-order chi connectivity index (χ0) is 20.7. The van der Waals surface area contributed by atoms with Crippen molar-refractivity contribution >= 4 is 50.6 Å². The van der Waals surface area contributed by atoms with E-state index in [1.54, 1.807) is 13.0 Å². The van der Waals surface area contributed by atoms with Gasteiger partial charge in [-0.05, 0) is 58.8 Å². The van der Waals surface area contributed by atoms with Gasteiger partial charge in [-0.2, -0.15) is 0 Å². The number of unbranched alkanes of at least 4 members (excludes halogenated alkanes) is 1. The Bertz CT molecular complexity index is 936. The number of fused-ring (bicyclic) bond motifs is 1. The van der Waals surface area contributed by atoms with Crippen LogP contribution in [0.15, 0.2) is 40.4 Å². The van der Waals surface area contributed by atoms with Crippen LogP contribution in [0.2, 0.25) is 0 Å². The van der Waals surface area contributed by atoms with Crippen molar-refractivity contribution in [3.63, 3.8) is 0 Å². The maximum Gasteiger partial charge on any atom is 0.303 e. The van der Waals surface area contributed by atoms with Gasteiger partial charge in [-0.15, -0.1) is 0 Å². The van der Waals surface area contributed by atoms with Crippen molar-refractivity contribution in [1.29, 1.82) is 0 Å². The molecule has 0 heterocycles. The fourth-order valence-corrected chi connectivity index (χ4v) is 3.29. The molecule has 0 spiro atoms. The number of nitrogens with one attached hydrogen (secondary N) is 1. The Morgan fingerprint density at radius 2 is 1.82 bits per heavy atom. The highest BCUT2D eigenvalue weighted by molar-refractivity contribution is 9.10. The van der Waals surface area contributed by atoms with Gasteiger partial charge in [0.15, 0.2) is 0 Å². The first kappa shape index (κ1) is 21.6. The Hall–Kier alpha value is -2.67. The molecule has 2 rings (SSSR count). The smallest absolute Gasteiger partial charge is 0.303 e. The van der Waals surface area contributed by atoms with Gasteiger partial charge in [0.1, 0.15) is 5.75 Å². The number of hydrogen-bond donors (Lipinski definition) is 2. The van der Waals surface area contributed by atoms with Gasteiger partial charge in [-0.25, -0.2) is 0 Å². The standard InChI is InChI=1S/C21H22BrNO5/c1-13(21(27)23-14(2)24)11-15-12-18(22)20(17-8-4-3-7-16(15)17)28-10-6-5-9-19(25)26/h3-4,7-8,11-12H,5-6,9-10H2,1-2H3,(H,25,26)(H,23,24,27)/b13-11+. The van der Waals surface area contributed by atoms with Crippen molar-refractivity contribution < 1.29 is 24.2 Å². The molecule has 0 unspecified atom stereocenters. The van der Waals surface area contributed by atoms with Crippen LogP contribution in [0.1, 0.15) is 38.7 Å². The fraction of sp³-hybridized carbons (Fsp3) is 0.286. The zero-order valence-corrected chi connectivity index (χ0v) is 17.3. The number of benzene rings is 2. The molecule has 0 atom stereocenters. The average molecular weight is 448 g/mol. The number of carbonyl (C=O) groups is 3. The van der Waals surface area contributed by atoms with Gasteiger partial charge < -0.3 is 9.84 Å². The van der Waals surface area contributed by atoms with Crippen molar-refractivity contribution in [3.8, 4) is 5.75 Å². The lowest BCUT2D eigenvalue weighted by Gasteiger charge is -2.14. The minimum atomic E-state index is -0.813. The summed E-state index contributed by atoms with van der Waals surface area (Å²) in [6, 6.07) is 9.51. The first-order valence-electron chi connectivity index (χ1n) is 8.85. The van der Waals surface area contributed by atoms with E-state index in [0.717, 1.165) is 20.8 Å². The van der Waals surface area contributed by atoms with Crippen LogP contribution in [0.5, 0.6) is 5.75 Å². The molecule has 0 aromatic heterocycles. The van der Waals surface area contributed by atoms with Gasteiger partial charge in [0.05, 0.1) is 11.1 Å². The molecular weight excluding hydrogens is 426 g/mol. The third-order valence-corrected chi connectivity index (χ3v) is 4.62. The van der Waals surface area contributed by atoms with Crippen molar-refractivity contribution in [1.82, 2.24) is 5.32 Å². The number of carboxylic acid groups (broad SMARTS) is 1. The third-order valence-electron chi connectivity index (χ3n) is 4.03. The Kier molecular flexibility index (Phi) is 7.75. The summed E-state index contributed by atoms with van der Waals surface area (Å²) < 4.78 is 6.64. The number of amides is 2.